The van der Waals surface area contributed by atoms with Gasteiger partial charge in [0.05, 0.1) is 18.8 Å². The number of hydrogen-bond donors (Lipinski definition) is 1. The van der Waals surface area contributed by atoms with Gasteiger partial charge in [-0.05, 0) is 31.6 Å². The average molecular weight is 265 g/mol. The van der Waals surface area contributed by atoms with E-state index in [9.17, 15) is 9.90 Å². The molecular formula is C14H19NO4. The smallest absolute Gasteiger partial charge is 0.247 e. The summed E-state index contributed by atoms with van der Waals surface area (Å²) in [6.07, 6.45) is 3.79. The maximum Gasteiger partial charge on any atom is 0.247 e. The summed E-state index contributed by atoms with van der Waals surface area (Å²) in [6, 6.07) is 3.49. The molecule has 1 aromatic rings. The largest absolute Gasteiger partial charge is 0.462 e. The van der Waals surface area contributed by atoms with Crippen LogP contribution in [-0.4, -0.2) is 48.3 Å². The molecule has 1 fully saturated rings. The van der Waals surface area contributed by atoms with Crippen LogP contribution in [0, 0.1) is 6.92 Å². The van der Waals surface area contributed by atoms with Crippen molar-refractivity contribution < 1.29 is 19.1 Å². The topological polar surface area (TPSA) is 62.9 Å². The molecule has 2 heterocycles. The number of carbonyl (C=O) groups excluding carboxylic acids is 1. The van der Waals surface area contributed by atoms with Crippen molar-refractivity contribution in [1.82, 2.24) is 4.90 Å². The zero-order chi connectivity index (χ0) is 13.8. The second kappa shape index (κ2) is 6.04. The first-order chi connectivity index (χ1) is 9.13. The highest BCUT2D eigenvalue weighted by atomic mass is 16.5. The van der Waals surface area contributed by atoms with Gasteiger partial charge in [-0.3, -0.25) is 4.79 Å². The number of ether oxygens (including phenoxy) is 1. The molecule has 5 heteroatoms. The van der Waals surface area contributed by atoms with Gasteiger partial charge < -0.3 is 19.2 Å². The van der Waals surface area contributed by atoms with E-state index >= 15 is 0 Å². The van der Waals surface area contributed by atoms with Crippen LogP contribution in [0.1, 0.15) is 17.9 Å². The summed E-state index contributed by atoms with van der Waals surface area (Å²) in [4.78, 5) is 13.7. The van der Waals surface area contributed by atoms with Gasteiger partial charge in [-0.15, -0.1) is 0 Å². The Morgan fingerprint density at radius 1 is 1.63 bits per heavy atom. The lowest BCUT2D eigenvalue weighted by atomic mass is 10.2. The van der Waals surface area contributed by atoms with E-state index in [1.165, 1.54) is 6.08 Å². The number of carbonyl (C=O) groups is 1. The van der Waals surface area contributed by atoms with E-state index < -0.39 is 0 Å². The summed E-state index contributed by atoms with van der Waals surface area (Å²) in [5.74, 6) is 1.32. The Hall–Kier alpha value is -1.59. The molecule has 1 saturated heterocycles. The molecule has 0 aromatic carbocycles. The second-order valence-corrected chi connectivity index (χ2v) is 4.70. The number of methoxy groups -OCH3 is 1. The second-order valence-electron chi connectivity index (χ2n) is 4.70. The molecule has 5 nitrogen and oxygen atoms in total. The van der Waals surface area contributed by atoms with E-state index in [-0.39, 0.29) is 24.7 Å². The number of aliphatic hydroxyl groups excluding tert-OH is 1. The minimum atomic E-state index is -0.166. The van der Waals surface area contributed by atoms with Crippen LogP contribution in [0.15, 0.2) is 22.6 Å². The molecule has 0 spiro atoms. The fourth-order valence-electron chi connectivity index (χ4n) is 2.28. The van der Waals surface area contributed by atoms with Gasteiger partial charge in [0.1, 0.15) is 11.5 Å². The molecule has 1 amide bonds. The van der Waals surface area contributed by atoms with E-state index in [1.807, 2.05) is 19.1 Å². The van der Waals surface area contributed by atoms with Gasteiger partial charge in [0, 0.05) is 19.7 Å². The number of furan rings is 1. The molecule has 1 aromatic heterocycles. The summed E-state index contributed by atoms with van der Waals surface area (Å²) in [7, 11) is 1.62. The van der Waals surface area contributed by atoms with Crippen LogP contribution < -0.4 is 0 Å². The number of rotatable bonds is 4. The zero-order valence-corrected chi connectivity index (χ0v) is 11.2. The minimum Gasteiger partial charge on any atom is -0.462 e. The van der Waals surface area contributed by atoms with Crippen LogP contribution in [0.2, 0.25) is 0 Å². The molecule has 0 unspecified atom stereocenters. The molecule has 2 atom stereocenters. The van der Waals surface area contributed by atoms with Gasteiger partial charge >= 0.3 is 0 Å². The van der Waals surface area contributed by atoms with E-state index in [4.69, 9.17) is 9.15 Å². The van der Waals surface area contributed by atoms with Crippen molar-refractivity contribution in [2.45, 2.75) is 25.5 Å². The summed E-state index contributed by atoms with van der Waals surface area (Å²) >= 11 is 0. The van der Waals surface area contributed by atoms with Crippen LogP contribution in [0.4, 0.5) is 0 Å². The lowest BCUT2D eigenvalue weighted by Gasteiger charge is -2.20. The normalized spacial score (nSPS) is 23.4. The SMILES string of the molecule is CO[C@@H]1C[C@@H](CO)N(C(=O)/C=C/c2ccc(C)o2)C1. The summed E-state index contributed by atoms with van der Waals surface area (Å²) in [5, 5.41) is 9.30. The highest BCUT2D eigenvalue weighted by Gasteiger charge is 2.33. The maximum absolute atomic E-state index is 12.1. The van der Waals surface area contributed by atoms with Gasteiger partial charge in [-0.25, -0.2) is 0 Å². The molecule has 1 aliphatic heterocycles. The predicted molar refractivity (Wildman–Crippen MR) is 70.5 cm³/mol. The van der Waals surface area contributed by atoms with Crippen molar-refractivity contribution in [2.75, 3.05) is 20.3 Å². The fraction of sp³-hybridized carbons (Fsp3) is 0.500. The Morgan fingerprint density at radius 2 is 2.42 bits per heavy atom. The van der Waals surface area contributed by atoms with Gasteiger partial charge in [-0.1, -0.05) is 0 Å². The molecular weight excluding hydrogens is 246 g/mol. The van der Waals surface area contributed by atoms with E-state index in [1.54, 1.807) is 18.1 Å². The quantitative estimate of drug-likeness (QED) is 0.831. The number of hydrogen-bond acceptors (Lipinski definition) is 4. The van der Waals surface area contributed by atoms with Crippen LogP contribution in [-0.2, 0) is 9.53 Å². The first kappa shape index (κ1) is 13.8. The third-order valence-electron chi connectivity index (χ3n) is 3.35. The molecule has 0 bridgehead atoms. The summed E-state index contributed by atoms with van der Waals surface area (Å²) in [5.41, 5.74) is 0. The molecule has 0 radical (unpaired) electrons. The lowest BCUT2D eigenvalue weighted by Crippen LogP contribution is -2.36. The predicted octanol–water partition coefficient (Wildman–Crippen LogP) is 1.21. The van der Waals surface area contributed by atoms with Crippen molar-refractivity contribution in [2.24, 2.45) is 0 Å². The average Bonchev–Trinajstić information content (AvgIpc) is 3.01. The van der Waals surface area contributed by atoms with Crippen molar-refractivity contribution in [3.05, 3.63) is 29.7 Å². The number of likely N-dealkylation sites (tertiary alicyclic amines) is 1. The molecule has 0 aliphatic carbocycles. The van der Waals surface area contributed by atoms with Crippen molar-refractivity contribution >= 4 is 12.0 Å². The first-order valence-electron chi connectivity index (χ1n) is 6.32. The number of aliphatic hydroxyl groups is 1. The molecule has 1 N–H and O–H groups in total. The fourth-order valence-corrected chi connectivity index (χ4v) is 2.28. The molecule has 104 valence electrons. The Bertz CT molecular complexity index is 466. The Kier molecular flexibility index (Phi) is 4.39. The highest BCUT2D eigenvalue weighted by molar-refractivity contribution is 5.91. The van der Waals surface area contributed by atoms with E-state index in [0.717, 1.165) is 5.76 Å². The molecule has 19 heavy (non-hydrogen) atoms. The molecule has 0 saturated carbocycles. The Balaban J connectivity index is 2.01. The summed E-state index contributed by atoms with van der Waals surface area (Å²) in [6.45, 7) is 2.33. The molecule has 2 rings (SSSR count). The third kappa shape index (κ3) is 3.24. The van der Waals surface area contributed by atoms with Crippen molar-refractivity contribution in [3.63, 3.8) is 0 Å². The van der Waals surface area contributed by atoms with Gasteiger partial charge in [0.15, 0.2) is 0 Å². The molecule has 1 aliphatic rings. The third-order valence-corrected chi connectivity index (χ3v) is 3.35. The van der Waals surface area contributed by atoms with Crippen molar-refractivity contribution in [3.8, 4) is 0 Å². The highest BCUT2D eigenvalue weighted by Crippen LogP contribution is 2.20. The zero-order valence-electron chi connectivity index (χ0n) is 11.2. The first-order valence-corrected chi connectivity index (χ1v) is 6.32. The van der Waals surface area contributed by atoms with Crippen LogP contribution >= 0.6 is 0 Å². The van der Waals surface area contributed by atoms with Gasteiger partial charge in [-0.2, -0.15) is 0 Å². The minimum absolute atomic E-state index is 0.000331. The number of aryl methyl sites for hydroxylation is 1. The van der Waals surface area contributed by atoms with E-state index in [2.05, 4.69) is 0 Å². The summed E-state index contributed by atoms with van der Waals surface area (Å²) < 4.78 is 10.6. The monoisotopic (exact) mass is 265 g/mol. The standard InChI is InChI=1S/C14H19NO4/c1-10-3-4-12(19-10)5-6-14(17)15-8-13(18-2)7-11(15)9-16/h3-6,11,13,16H,7-9H2,1-2H3/b6-5+/t11-,13+/m0/s1. The van der Waals surface area contributed by atoms with Crippen LogP contribution in [0.25, 0.3) is 6.08 Å². The van der Waals surface area contributed by atoms with Gasteiger partial charge in [0.25, 0.3) is 0 Å². The van der Waals surface area contributed by atoms with E-state index in [0.29, 0.717) is 18.7 Å². The Morgan fingerprint density at radius 3 is 3.00 bits per heavy atom. The Labute approximate surface area is 112 Å². The van der Waals surface area contributed by atoms with Gasteiger partial charge in [0.2, 0.25) is 5.91 Å². The number of nitrogens with zero attached hydrogens (tertiary/aromatic N) is 1. The van der Waals surface area contributed by atoms with Crippen molar-refractivity contribution in [1.29, 1.82) is 0 Å². The lowest BCUT2D eigenvalue weighted by molar-refractivity contribution is -0.127. The van der Waals surface area contributed by atoms with Crippen LogP contribution in [0.5, 0.6) is 0 Å². The number of amides is 1. The van der Waals surface area contributed by atoms with Crippen LogP contribution in [0.3, 0.4) is 0 Å². The maximum atomic E-state index is 12.1.